The number of rotatable bonds is 13. The zero-order valence-electron chi connectivity index (χ0n) is 16.6. The van der Waals surface area contributed by atoms with Gasteiger partial charge in [-0.1, -0.05) is 30.3 Å². The van der Waals surface area contributed by atoms with E-state index < -0.39 is 54.3 Å². The molecule has 31 heavy (non-hydrogen) atoms. The van der Waals surface area contributed by atoms with Gasteiger partial charge in [0.1, 0.15) is 12.1 Å². The van der Waals surface area contributed by atoms with Gasteiger partial charge in [-0.2, -0.15) is 12.6 Å². The lowest BCUT2D eigenvalue weighted by Gasteiger charge is -2.21. The molecule has 3 atom stereocenters. The predicted molar refractivity (Wildman–Crippen MR) is 113 cm³/mol. The Morgan fingerprint density at radius 2 is 1.61 bits per heavy atom. The standard InChI is InChI=1S/C19H26N4O7S/c20-12(6-7-16(25)26)17(27)21-9-15(24)22-13(8-11-4-2-1-3-5-11)18(28)23-14(10-31)19(29)30/h1-5,12-14,31H,6-10,20H2,(H,21,27)(H,22,24)(H,23,28)(H,25,26)(H,29,30). The molecule has 0 aliphatic rings. The number of carbonyl (C=O) groups excluding carboxylic acids is 3. The first-order chi connectivity index (χ1) is 14.6. The average molecular weight is 455 g/mol. The molecule has 0 aromatic heterocycles. The number of nitrogens with two attached hydrogens (primary N) is 1. The third-order valence-corrected chi connectivity index (χ3v) is 4.53. The van der Waals surface area contributed by atoms with Gasteiger partial charge in [-0.3, -0.25) is 19.2 Å². The molecule has 0 saturated heterocycles. The van der Waals surface area contributed by atoms with Crippen LogP contribution in [-0.4, -0.2) is 70.3 Å². The molecule has 1 aromatic rings. The number of hydrogen-bond acceptors (Lipinski definition) is 7. The van der Waals surface area contributed by atoms with Gasteiger partial charge in [0, 0.05) is 18.6 Å². The van der Waals surface area contributed by atoms with E-state index in [4.69, 9.17) is 15.9 Å². The van der Waals surface area contributed by atoms with Crippen LogP contribution in [0.1, 0.15) is 18.4 Å². The lowest BCUT2D eigenvalue weighted by Crippen LogP contribution is -2.54. The van der Waals surface area contributed by atoms with E-state index in [1.54, 1.807) is 30.3 Å². The molecule has 3 unspecified atom stereocenters. The molecule has 1 aromatic carbocycles. The lowest BCUT2D eigenvalue weighted by atomic mass is 10.0. The van der Waals surface area contributed by atoms with Crippen molar-refractivity contribution >= 4 is 42.3 Å². The molecule has 0 fully saturated rings. The molecule has 12 heteroatoms. The van der Waals surface area contributed by atoms with Crippen LogP contribution in [0.4, 0.5) is 0 Å². The fourth-order valence-electron chi connectivity index (χ4n) is 2.47. The van der Waals surface area contributed by atoms with Gasteiger partial charge < -0.3 is 31.9 Å². The van der Waals surface area contributed by atoms with Crippen LogP contribution in [-0.2, 0) is 30.4 Å². The Morgan fingerprint density at radius 1 is 0.968 bits per heavy atom. The summed E-state index contributed by atoms with van der Waals surface area (Å²) >= 11 is 3.89. The zero-order valence-corrected chi connectivity index (χ0v) is 17.5. The van der Waals surface area contributed by atoms with Crippen molar-refractivity contribution in [1.82, 2.24) is 16.0 Å². The summed E-state index contributed by atoms with van der Waals surface area (Å²) < 4.78 is 0. The maximum absolute atomic E-state index is 12.6. The molecule has 0 spiro atoms. The van der Waals surface area contributed by atoms with E-state index >= 15 is 0 Å². The Hall–Kier alpha value is -3.12. The zero-order chi connectivity index (χ0) is 23.4. The average Bonchev–Trinajstić information content (AvgIpc) is 2.73. The first-order valence-corrected chi connectivity index (χ1v) is 9.99. The molecule has 0 saturated carbocycles. The Kier molecular flexibility index (Phi) is 11.1. The second-order valence-electron chi connectivity index (χ2n) is 6.65. The molecule has 7 N–H and O–H groups in total. The number of nitrogens with one attached hydrogen (secondary N) is 3. The molecule has 1 rings (SSSR count). The maximum Gasteiger partial charge on any atom is 0.327 e. The van der Waals surface area contributed by atoms with E-state index in [-0.39, 0.29) is 25.0 Å². The van der Waals surface area contributed by atoms with Crippen LogP contribution in [0.3, 0.4) is 0 Å². The molecule has 0 aliphatic carbocycles. The SMILES string of the molecule is NC(CCC(=O)O)C(=O)NCC(=O)NC(Cc1ccccc1)C(=O)NC(CS)C(=O)O. The first-order valence-electron chi connectivity index (χ1n) is 9.36. The van der Waals surface area contributed by atoms with Gasteiger partial charge in [-0.25, -0.2) is 4.79 Å². The number of hydrogen-bond donors (Lipinski definition) is 7. The van der Waals surface area contributed by atoms with Crippen molar-refractivity contribution in [3.63, 3.8) is 0 Å². The summed E-state index contributed by atoms with van der Waals surface area (Å²) in [6.45, 7) is -0.493. The number of carboxylic acids is 2. The third kappa shape index (κ3) is 9.96. The number of carbonyl (C=O) groups is 5. The van der Waals surface area contributed by atoms with Crippen molar-refractivity contribution in [2.75, 3.05) is 12.3 Å². The molecule has 170 valence electrons. The molecule has 0 radical (unpaired) electrons. The van der Waals surface area contributed by atoms with Crippen LogP contribution in [0.25, 0.3) is 0 Å². The summed E-state index contributed by atoms with van der Waals surface area (Å²) in [6, 6.07) is 5.32. The summed E-state index contributed by atoms with van der Waals surface area (Å²) in [5, 5.41) is 24.8. The number of amides is 3. The van der Waals surface area contributed by atoms with Crippen LogP contribution in [0.15, 0.2) is 30.3 Å². The lowest BCUT2D eigenvalue weighted by molar-refractivity contribution is -0.141. The highest BCUT2D eigenvalue weighted by Crippen LogP contribution is 2.04. The molecule has 0 bridgehead atoms. The number of carboxylic acid groups (broad SMARTS) is 2. The summed E-state index contributed by atoms with van der Waals surface area (Å²) in [4.78, 5) is 58.4. The van der Waals surface area contributed by atoms with Gasteiger partial charge in [0.15, 0.2) is 0 Å². The molecule has 0 aliphatic heterocycles. The van der Waals surface area contributed by atoms with E-state index in [1.165, 1.54) is 0 Å². The number of benzene rings is 1. The van der Waals surface area contributed by atoms with E-state index in [1.807, 2.05) is 0 Å². The van der Waals surface area contributed by atoms with Crippen molar-refractivity contribution in [3.8, 4) is 0 Å². The Balaban J connectivity index is 2.74. The fraction of sp³-hybridized carbons (Fsp3) is 0.421. The molecular weight excluding hydrogens is 428 g/mol. The summed E-state index contributed by atoms with van der Waals surface area (Å²) in [5.74, 6) is -4.64. The molecule has 0 heterocycles. The minimum absolute atomic E-state index is 0.0867. The Bertz CT molecular complexity index is 791. The van der Waals surface area contributed by atoms with Crippen LogP contribution < -0.4 is 21.7 Å². The highest BCUT2D eigenvalue weighted by Gasteiger charge is 2.26. The summed E-state index contributed by atoms with van der Waals surface area (Å²) in [7, 11) is 0. The Morgan fingerprint density at radius 3 is 2.16 bits per heavy atom. The van der Waals surface area contributed by atoms with Crippen LogP contribution in [0, 0.1) is 0 Å². The van der Waals surface area contributed by atoms with Crippen LogP contribution >= 0.6 is 12.6 Å². The van der Waals surface area contributed by atoms with Crippen LogP contribution in [0.2, 0.25) is 0 Å². The minimum Gasteiger partial charge on any atom is -0.481 e. The molecule has 3 amide bonds. The quantitative estimate of drug-likeness (QED) is 0.176. The van der Waals surface area contributed by atoms with Crippen molar-refractivity contribution in [1.29, 1.82) is 0 Å². The van der Waals surface area contributed by atoms with Crippen LogP contribution in [0.5, 0.6) is 0 Å². The second-order valence-corrected chi connectivity index (χ2v) is 7.01. The third-order valence-electron chi connectivity index (χ3n) is 4.16. The van der Waals surface area contributed by atoms with Gasteiger partial charge in [0.05, 0.1) is 12.6 Å². The van der Waals surface area contributed by atoms with Crippen molar-refractivity contribution in [2.45, 2.75) is 37.4 Å². The summed E-state index contributed by atoms with van der Waals surface area (Å²) in [6.07, 6.45) is -0.304. The number of thiol groups is 1. The molecule has 11 nitrogen and oxygen atoms in total. The van der Waals surface area contributed by atoms with Crippen molar-refractivity contribution < 1.29 is 34.2 Å². The normalized spacial score (nSPS) is 13.4. The maximum atomic E-state index is 12.6. The van der Waals surface area contributed by atoms with E-state index in [9.17, 15) is 24.0 Å². The summed E-state index contributed by atoms with van der Waals surface area (Å²) in [5.41, 5.74) is 6.29. The minimum atomic E-state index is -1.27. The van der Waals surface area contributed by atoms with Gasteiger partial charge in [-0.05, 0) is 12.0 Å². The monoisotopic (exact) mass is 454 g/mol. The van der Waals surface area contributed by atoms with Gasteiger partial charge in [-0.15, -0.1) is 0 Å². The van der Waals surface area contributed by atoms with Crippen molar-refractivity contribution in [3.05, 3.63) is 35.9 Å². The van der Waals surface area contributed by atoms with E-state index in [0.29, 0.717) is 0 Å². The van der Waals surface area contributed by atoms with E-state index in [2.05, 4.69) is 28.6 Å². The second kappa shape index (κ2) is 13.2. The van der Waals surface area contributed by atoms with E-state index in [0.717, 1.165) is 5.56 Å². The topological polar surface area (TPSA) is 188 Å². The van der Waals surface area contributed by atoms with Gasteiger partial charge in [0.2, 0.25) is 17.7 Å². The Labute approximate surface area is 184 Å². The highest BCUT2D eigenvalue weighted by atomic mass is 32.1. The van der Waals surface area contributed by atoms with Crippen molar-refractivity contribution in [2.24, 2.45) is 5.73 Å². The smallest absolute Gasteiger partial charge is 0.327 e. The van der Waals surface area contributed by atoms with Gasteiger partial charge >= 0.3 is 11.9 Å². The first kappa shape index (κ1) is 25.9. The highest BCUT2D eigenvalue weighted by molar-refractivity contribution is 7.80. The van der Waals surface area contributed by atoms with Gasteiger partial charge in [0.25, 0.3) is 0 Å². The number of aliphatic carboxylic acids is 2. The molecular formula is C19H26N4O7S. The predicted octanol–water partition coefficient (Wildman–Crippen LogP) is -1.48. The largest absolute Gasteiger partial charge is 0.481 e. The fourth-order valence-corrected chi connectivity index (χ4v) is 2.72.